The monoisotopic (exact) mass is 873 g/mol. The Kier molecular flexibility index (Phi) is 27.2. The van der Waals surface area contributed by atoms with Gasteiger partial charge in [0.05, 0.1) is 33.0 Å². The molecule has 0 aromatic heterocycles. The van der Waals surface area contributed by atoms with Crippen molar-refractivity contribution in [2.24, 2.45) is 0 Å². The van der Waals surface area contributed by atoms with Crippen LogP contribution in [0.2, 0.25) is 0 Å². The van der Waals surface area contributed by atoms with Crippen molar-refractivity contribution in [2.75, 3.05) is 19.8 Å². The SMILES string of the molecule is CCCCCCCCCCCNC(=O)[C@H](CO[C@H]1O[C@H](CO)[C@@H](OCc2ccccc2)[C@H](OCc2ccccc2)[C@H]1OCc1ccccc1)NC(=O)CCCCCCCCCCC. The van der Waals surface area contributed by atoms with E-state index in [0.717, 1.165) is 55.2 Å². The van der Waals surface area contributed by atoms with Gasteiger partial charge in [-0.15, -0.1) is 0 Å². The van der Waals surface area contributed by atoms with Crippen LogP contribution in [0, 0.1) is 0 Å². The van der Waals surface area contributed by atoms with Crippen molar-refractivity contribution in [1.82, 2.24) is 10.6 Å². The molecule has 6 atom stereocenters. The molecule has 2 amide bonds. The molecule has 1 heterocycles. The molecule has 63 heavy (non-hydrogen) atoms. The van der Waals surface area contributed by atoms with Crippen LogP contribution in [-0.4, -0.2) is 73.4 Å². The molecule has 0 saturated carbocycles. The fourth-order valence-electron chi connectivity index (χ4n) is 8.03. The summed E-state index contributed by atoms with van der Waals surface area (Å²) in [5.41, 5.74) is 2.87. The third kappa shape index (κ3) is 21.3. The van der Waals surface area contributed by atoms with E-state index >= 15 is 0 Å². The second-order valence-electron chi connectivity index (χ2n) is 17.2. The third-order valence-electron chi connectivity index (χ3n) is 11.8. The summed E-state index contributed by atoms with van der Waals surface area (Å²) in [4.78, 5) is 27.3. The molecule has 10 heteroatoms. The maximum atomic E-state index is 13.9. The normalized spacial score (nSPS) is 19.1. The zero-order valence-corrected chi connectivity index (χ0v) is 38.6. The van der Waals surface area contributed by atoms with Crippen LogP contribution in [0.15, 0.2) is 91.0 Å². The molecule has 1 fully saturated rings. The number of carbonyl (C=O) groups excluding carboxylic acids is 2. The summed E-state index contributed by atoms with van der Waals surface area (Å²) in [6.45, 7) is 5.20. The number of carbonyl (C=O) groups is 2. The largest absolute Gasteiger partial charge is 0.394 e. The van der Waals surface area contributed by atoms with Crippen LogP contribution < -0.4 is 10.6 Å². The zero-order valence-electron chi connectivity index (χ0n) is 38.6. The molecule has 3 N–H and O–H groups in total. The van der Waals surface area contributed by atoms with E-state index in [1.807, 2.05) is 91.0 Å². The number of unbranched alkanes of at least 4 members (excludes halogenated alkanes) is 16. The van der Waals surface area contributed by atoms with Gasteiger partial charge < -0.3 is 39.4 Å². The fraction of sp³-hybridized carbons (Fsp3) is 0.623. The lowest BCUT2D eigenvalue weighted by Gasteiger charge is -2.45. The van der Waals surface area contributed by atoms with Gasteiger partial charge in [0.15, 0.2) is 6.29 Å². The van der Waals surface area contributed by atoms with Crippen LogP contribution in [-0.2, 0) is 53.1 Å². The molecule has 0 radical (unpaired) electrons. The number of nitrogens with one attached hydrogen (secondary N) is 2. The van der Waals surface area contributed by atoms with Gasteiger partial charge in [-0.2, -0.15) is 0 Å². The van der Waals surface area contributed by atoms with Crippen LogP contribution in [0.5, 0.6) is 0 Å². The quantitative estimate of drug-likeness (QED) is 0.0499. The first-order valence-corrected chi connectivity index (χ1v) is 24.4. The highest BCUT2D eigenvalue weighted by atomic mass is 16.7. The molecule has 4 rings (SSSR count). The van der Waals surface area contributed by atoms with E-state index < -0.39 is 36.7 Å². The van der Waals surface area contributed by atoms with Gasteiger partial charge in [-0.25, -0.2) is 0 Å². The number of ether oxygens (including phenoxy) is 5. The molecule has 0 aliphatic carbocycles. The average molecular weight is 873 g/mol. The van der Waals surface area contributed by atoms with Crippen molar-refractivity contribution in [3.63, 3.8) is 0 Å². The predicted molar refractivity (Wildman–Crippen MR) is 251 cm³/mol. The van der Waals surface area contributed by atoms with Crippen molar-refractivity contribution >= 4 is 11.8 Å². The first kappa shape index (κ1) is 52.0. The van der Waals surface area contributed by atoms with Gasteiger partial charge in [-0.05, 0) is 29.5 Å². The Morgan fingerprint density at radius 3 is 1.46 bits per heavy atom. The van der Waals surface area contributed by atoms with Gasteiger partial charge in [0.1, 0.15) is 30.5 Å². The summed E-state index contributed by atoms with van der Waals surface area (Å²) in [5.74, 6) is -0.481. The summed E-state index contributed by atoms with van der Waals surface area (Å²) in [5, 5.41) is 16.9. The van der Waals surface area contributed by atoms with Crippen LogP contribution in [0.4, 0.5) is 0 Å². The highest BCUT2D eigenvalue weighted by molar-refractivity contribution is 5.87. The highest BCUT2D eigenvalue weighted by Crippen LogP contribution is 2.31. The minimum absolute atomic E-state index is 0.165. The molecule has 0 unspecified atom stereocenters. The molecule has 0 bridgehead atoms. The summed E-state index contributed by atoms with van der Waals surface area (Å²) >= 11 is 0. The summed E-state index contributed by atoms with van der Waals surface area (Å²) in [6.07, 6.45) is 17.1. The molecule has 10 nitrogen and oxygen atoms in total. The Balaban J connectivity index is 1.47. The number of benzene rings is 3. The third-order valence-corrected chi connectivity index (χ3v) is 11.8. The molecule has 1 aliphatic rings. The second kappa shape index (κ2) is 32.9. The Morgan fingerprint density at radius 2 is 0.984 bits per heavy atom. The molecule has 350 valence electrons. The maximum Gasteiger partial charge on any atom is 0.244 e. The van der Waals surface area contributed by atoms with Gasteiger partial charge in [-0.1, -0.05) is 208 Å². The van der Waals surface area contributed by atoms with Crippen molar-refractivity contribution in [3.05, 3.63) is 108 Å². The number of aliphatic hydroxyl groups excluding tert-OH is 1. The number of hydrogen-bond acceptors (Lipinski definition) is 8. The second-order valence-corrected chi connectivity index (χ2v) is 17.2. The van der Waals surface area contributed by atoms with Gasteiger partial charge in [0.2, 0.25) is 11.8 Å². The van der Waals surface area contributed by atoms with Crippen LogP contribution in [0.3, 0.4) is 0 Å². The van der Waals surface area contributed by atoms with E-state index in [1.165, 1.54) is 77.0 Å². The average Bonchev–Trinajstić information content (AvgIpc) is 3.31. The fourth-order valence-corrected chi connectivity index (χ4v) is 8.03. The van der Waals surface area contributed by atoms with E-state index in [9.17, 15) is 14.7 Å². The van der Waals surface area contributed by atoms with Crippen LogP contribution in [0.25, 0.3) is 0 Å². The lowest BCUT2D eigenvalue weighted by atomic mass is 9.97. The van der Waals surface area contributed by atoms with Crippen molar-refractivity contribution in [1.29, 1.82) is 0 Å². The number of amides is 2. The van der Waals surface area contributed by atoms with E-state index in [-0.39, 0.29) is 44.8 Å². The van der Waals surface area contributed by atoms with E-state index in [0.29, 0.717) is 13.0 Å². The predicted octanol–water partition coefficient (Wildman–Crippen LogP) is 10.5. The maximum absolute atomic E-state index is 13.9. The lowest BCUT2D eigenvalue weighted by Crippen LogP contribution is -2.62. The first-order chi connectivity index (χ1) is 31.0. The van der Waals surface area contributed by atoms with Gasteiger partial charge >= 0.3 is 0 Å². The van der Waals surface area contributed by atoms with Crippen molar-refractivity contribution in [2.45, 2.75) is 192 Å². The summed E-state index contributed by atoms with van der Waals surface area (Å²) < 4.78 is 32.9. The first-order valence-electron chi connectivity index (χ1n) is 24.4. The molecule has 0 spiro atoms. The van der Waals surface area contributed by atoms with E-state index in [4.69, 9.17) is 23.7 Å². The standard InChI is InChI=1S/C53H80N2O8/c1-3-5-7-9-11-13-15-17-28-36-48(57)55-46(52(58)54-37-29-18-16-14-12-10-8-6-4-2)42-62-53-51(61-41-45-34-26-21-27-35-45)50(60-40-44-32-24-20-25-33-44)49(47(38-56)63-53)59-39-43-30-22-19-23-31-43/h19-27,30-35,46-47,49-51,53,56H,3-18,28-29,36-42H2,1-2H3,(H,54,58)(H,55,57)/t46-,47+,49+,50-,51+,53-/m0/s1. The Labute approximate surface area is 379 Å². The van der Waals surface area contributed by atoms with Crippen molar-refractivity contribution in [3.8, 4) is 0 Å². The molecule has 1 saturated heterocycles. The molecule has 1 aliphatic heterocycles. The van der Waals surface area contributed by atoms with Gasteiger partial charge in [0.25, 0.3) is 0 Å². The van der Waals surface area contributed by atoms with Crippen LogP contribution in [0.1, 0.15) is 153 Å². The zero-order chi connectivity index (χ0) is 44.6. The van der Waals surface area contributed by atoms with Gasteiger partial charge in [0, 0.05) is 13.0 Å². The molecule has 3 aromatic rings. The number of rotatable bonds is 35. The van der Waals surface area contributed by atoms with E-state index in [2.05, 4.69) is 24.5 Å². The van der Waals surface area contributed by atoms with Gasteiger partial charge in [-0.3, -0.25) is 9.59 Å². The number of hydrogen-bond donors (Lipinski definition) is 3. The number of aliphatic hydroxyl groups is 1. The molecular weight excluding hydrogens is 793 g/mol. The minimum Gasteiger partial charge on any atom is -0.394 e. The smallest absolute Gasteiger partial charge is 0.244 e. The van der Waals surface area contributed by atoms with E-state index in [1.54, 1.807) is 0 Å². The minimum atomic E-state index is -1.06. The summed E-state index contributed by atoms with van der Waals surface area (Å²) in [7, 11) is 0. The highest BCUT2D eigenvalue weighted by Gasteiger charge is 2.49. The molecule has 3 aromatic carbocycles. The lowest BCUT2D eigenvalue weighted by molar-refractivity contribution is -0.327. The Morgan fingerprint density at radius 1 is 0.556 bits per heavy atom. The Bertz CT molecular complexity index is 1580. The van der Waals surface area contributed by atoms with Crippen LogP contribution >= 0.6 is 0 Å². The topological polar surface area (TPSA) is 125 Å². The Hall–Kier alpha value is -3.64. The van der Waals surface area contributed by atoms with Crippen molar-refractivity contribution < 1.29 is 38.4 Å². The summed E-state index contributed by atoms with van der Waals surface area (Å²) in [6, 6.07) is 28.6. The molecular formula is C53H80N2O8.